The number of likely N-dealkylation sites (tertiary alicyclic amines) is 1. The van der Waals surface area contributed by atoms with Gasteiger partial charge in [0.2, 0.25) is 11.8 Å². The molecule has 3 saturated carbocycles. The van der Waals surface area contributed by atoms with Crippen LogP contribution in [0.1, 0.15) is 45.4 Å². The molecule has 0 aromatic carbocycles. The van der Waals surface area contributed by atoms with E-state index >= 15 is 0 Å². The van der Waals surface area contributed by atoms with E-state index < -0.39 is 0 Å². The van der Waals surface area contributed by atoms with Crippen molar-refractivity contribution in [2.75, 3.05) is 19.6 Å². The van der Waals surface area contributed by atoms with Crippen molar-refractivity contribution < 1.29 is 9.59 Å². The Morgan fingerprint density at radius 1 is 1.29 bits per heavy atom. The minimum atomic E-state index is 0.138. The molecule has 4 heteroatoms. The highest BCUT2D eigenvalue weighted by atomic mass is 16.2. The van der Waals surface area contributed by atoms with Gasteiger partial charge in [0.1, 0.15) is 0 Å². The average molecular weight is 290 g/mol. The summed E-state index contributed by atoms with van der Waals surface area (Å²) < 4.78 is 0. The fourth-order valence-corrected chi connectivity index (χ4v) is 4.31. The molecule has 116 valence electrons. The van der Waals surface area contributed by atoms with E-state index in [-0.39, 0.29) is 23.2 Å². The summed E-state index contributed by atoms with van der Waals surface area (Å²) in [6, 6.07) is 0. The minimum absolute atomic E-state index is 0.138. The Bertz CT molecular complexity index is 467. The van der Waals surface area contributed by atoms with Crippen molar-refractivity contribution >= 4 is 11.8 Å². The van der Waals surface area contributed by atoms with Gasteiger partial charge in [-0.2, -0.15) is 0 Å². The van der Waals surface area contributed by atoms with E-state index in [1.54, 1.807) is 0 Å². The van der Waals surface area contributed by atoms with E-state index in [0.29, 0.717) is 5.91 Å². The maximum atomic E-state index is 12.4. The maximum Gasteiger partial charge on any atom is 0.225 e. The van der Waals surface area contributed by atoms with Crippen molar-refractivity contribution in [1.29, 1.82) is 0 Å². The van der Waals surface area contributed by atoms with Crippen LogP contribution in [0.3, 0.4) is 0 Å². The van der Waals surface area contributed by atoms with Gasteiger partial charge >= 0.3 is 0 Å². The lowest BCUT2D eigenvalue weighted by molar-refractivity contribution is -0.139. The molecule has 3 aliphatic carbocycles. The number of carbonyl (C=O) groups excluding carboxylic acids is 2. The molecule has 4 rings (SSSR count). The normalized spacial score (nSPS) is 41.0. The molecule has 0 aromatic rings. The molecule has 21 heavy (non-hydrogen) atoms. The number of carbonyl (C=O) groups is 2. The average Bonchev–Trinajstić information content (AvgIpc) is 3.31. The van der Waals surface area contributed by atoms with Crippen LogP contribution in [0, 0.1) is 29.1 Å². The van der Waals surface area contributed by atoms with E-state index in [2.05, 4.69) is 12.2 Å². The molecule has 4 fully saturated rings. The number of rotatable bonds is 4. The summed E-state index contributed by atoms with van der Waals surface area (Å²) in [5.41, 5.74) is 0.138. The van der Waals surface area contributed by atoms with Gasteiger partial charge in [0, 0.05) is 36.9 Å². The van der Waals surface area contributed by atoms with Crippen molar-refractivity contribution in [3.8, 4) is 0 Å². The van der Waals surface area contributed by atoms with Gasteiger partial charge in [0.25, 0.3) is 0 Å². The summed E-state index contributed by atoms with van der Waals surface area (Å²) in [5, 5.41) is 3.11. The van der Waals surface area contributed by atoms with Crippen LogP contribution in [0.4, 0.5) is 0 Å². The van der Waals surface area contributed by atoms with Crippen LogP contribution < -0.4 is 5.32 Å². The molecule has 2 amide bonds. The Hall–Kier alpha value is -1.06. The third kappa shape index (κ3) is 2.47. The van der Waals surface area contributed by atoms with Crippen LogP contribution in [0.2, 0.25) is 0 Å². The second-order valence-corrected chi connectivity index (χ2v) is 8.09. The number of nitrogens with one attached hydrogen (secondary N) is 1. The van der Waals surface area contributed by atoms with E-state index in [1.807, 2.05) is 4.90 Å². The molecule has 2 atom stereocenters. The molecule has 0 bridgehead atoms. The predicted octanol–water partition coefficient (Wildman–Crippen LogP) is 1.80. The summed E-state index contributed by atoms with van der Waals surface area (Å²) in [4.78, 5) is 26.7. The van der Waals surface area contributed by atoms with E-state index in [4.69, 9.17) is 0 Å². The molecule has 1 saturated heterocycles. The quantitative estimate of drug-likeness (QED) is 0.858. The Labute approximate surface area is 126 Å². The molecule has 0 aromatic heterocycles. The van der Waals surface area contributed by atoms with E-state index in [1.165, 1.54) is 12.8 Å². The van der Waals surface area contributed by atoms with Gasteiger partial charge in [-0.25, -0.2) is 0 Å². The zero-order chi connectivity index (χ0) is 14.6. The number of amides is 2. The summed E-state index contributed by atoms with van der Waals surface area (Å²) in [7, 11) is 0. The lowest BCUT2D eigenvalue weighted by Crippen LogP contribution is -2.40. The van der Waals surface area contributed by atoms with Gasteiger partial charge in [0.05, 0.1) is 0 Å². The molecule has 4 aliphatic rings. The Kier molecular flexibility index (Phi) is 3.05. The highest BCUT2D eigenvalue weighted by molar-refractivity contribution is 5.84. The van der Waals surface area contributed by atoms with Crippen molar-refractivity contribution in [3.05, 3.63) is 0 Å². The molecule has 1 spiro atoms. The zero-order valence-electron chi connectivity index (χ0n) is 12.9. The van der Waals surface area contributed by atoms with Crippen LogP contribution in [0.5, 0.6) is 0 Å². The molecule has 4 nitrogen and oxygen atoms in total. The van der Waals surface area contributed by atoms with Gasteiger partial charge in [-0.05, 0) is 50.4 Å². The van der Waals surface area contributed by atoms with Gasteiger partial charge < -0.3 is 10.2 Å². The first-order chi connectivity index (χ1) is 10.1. The topological polar surface area (TPSA) is 49.4 Å². The smallest absolute Gasteiger partial charge is 0.225 e. The molecule has 2 unspecified atom stereocenters. The van der Waals surface area contributed by atoms with Crippen molar-refractivity contribution in [2.24, 2.45) is 29.1 Å². The van der Waals surface area contributed by atoms with Crippen LogP contribution in [-0.4, -0.2) is 36.3 Å². The van der Waals surface area contributed by atoms with Crippen molar-refractivity contribution in [3.63, 3.8) is 0 Å². The van der Waals surface area contributed by atoms with Gasteiger partial charge in [0.15, 0.2) is 0 Å². The molecule has 1 heterocycles. The highest BCUT2D eigenvalue weighted by Gasteiger charge is 2.61. The third-order valence-electron chi connectivity index (χ3n) is 6.19. The van der Waals surface area contributed by atoms with E-state index in [9.17, 15) is 9.59 Å². The SMILES string of the molecule is CC1CC(C(=O)N2CCC3(CC3C(=O)NCC3CC3)C2)C1. The first-order valence-electron chi connectivity index (χ1n) is 8.64. The summed E-state index contributed by atoms with van der Waals surface area (Å²) in [6.45, 7) is 4.79. The number of nitrogens with zero attached hydrogens (tertiary/aromatic N) is 1. The fourth-order valence-electron chi connectivity index (χ4n) is 4.31. The van der Waals surface area contributed by atoms with E-state index in [0.717, 1.165) is 57.2 Å². The summed E-state index contributed by atoms with van der Waals surface area (Å²) >= 11 is 0. The molecule has 1 N–H and O–H groups in total. The highest BCUT2D eigenvalue weighted by Crippen LogP contribution is 2.59. The third-order valence-corrected chi connectivity index (χ3v) is 6.19. The van der Waals surface area contributed by atoms with Gasteiger partial charge in [-0.15, -0.1) is 0 Å². The fraction of sp³-hybridized carbons (Fsp3) is 0.882. The van der Waals surface area contributed by atoms with Crippen molar-refractivity contribution in [2.45, 2.75) is 45.4 Å². The maximum absolute atomic E-state index is 12.4. The lowest BCUT2D eigenvalue weighted by atomic mass is 9.75. The van der Waals surface area contributed by atoms with Gasteiger partial charge in [-0.3, -0.25) is 9.59 Å². The molecular formula is C17H26N2O2. The van der Waals surface area contributed by atoms with Crippen LogP contribution in [0.15, 0.2) is 0 Å². The first-order valence-corrected chi connectivity index (χ1v) is 8.64. The van der Waals surface area contributed by atoms with Crippen LogP contribution in [0.25, 0.3) is 0 Å². The number of hydrogen-bond acceptors (Lipinski definition) is 2. The first kappa shape index (κ1) is 13.6. The second-order valence-electron chi connectivity index (χ2n) is 8.09. The summed E-state index contributed by atoms with van der Waals surface area (Å²) in [5.74, 6) is 2.51. The van der Waals surface area contributed by atoms with Crippen molar-refractivity contribution in [1.82, 2.24) is 10.2 Å². The Morgan fingerprint density at radius 3 is 2.71 bits per heavy atom. The monoisotopic (exact) mass is 290 g/mol. The largest absolute Gasteiger partial charge is 0.356 e. The zero-order valence-corrected chi connectivity index (χ0v) is 12.9. The van der Waals surface area contributed by atoms with Crippen LogP contribution >= 0.6 is 0 Å². The standard InChI is InChI=1S/C17H26N2O2/c1-11-6-13(7-11)16(21)19-5-4-17(10-19)8-14(17)15(20)18-9-12-2-3-12/h11-14H,2-10H2,1H3,(H,18,20). The lowest BCUT2D eigenvalue weighted by Gasteiger charge is -2.34. The van der Waals surface area contributed by atoms with Gasteiger partial charge in [-0.1, -0.05) is 6.92 Å². The predicted molar refractivity (Wildman–Crippen MR) is 79.4 cm³/mol. The Morgan fingerprint density at radius 2 is 2.05 bits per heavy atom. The molecule has 0 radical (unpaired) electrons. The minimum Gasteiger partial charge on any atom is -0.356 e. The molecular weight excluding hydrogens is 264 g/mol. The molecule has 1 aliphatic heterocycles. The number of hydrogen-bond donors (Lipinski definition) is 1. The Balaban J connectivity index is 1.28. The summed E-state index contributed by atoms with van der Waals surface area (Å²) in [6.07, 6.45) is 6.70. The second kappa shape index (κ2) is 4.72. The van der Waals surface area contributed by atoms with Crippen LogP contribution in [-0.2, 0) is 9.59 Å².